The van der Waals surface area contributed by atoms with E-state index in [1.807, 2.05) is 0 Å². The molecule has 0 spiro atoms. The molecule has 0 unspecified atom stereocenters. The minimum atomic E-state index is 0.434. The number of unbranched alkanes of at least 4 members (excludes halogenated alkanes) is 2. The van der Waals surface area contributed by atoms with Gasteiger partial charge in [0.25, 0.3) is 0 Å². The van der Waals surface area contributed by atoms with Gasteiger partial charge in [-0.3, -0.25) is 0 Å². The van der Waals surface area contributed by atoms with Crippen molar-refractivity contribution in [2.45, 2.75) is 32.6 Å². The highest BCUT2D eigenvalue weighted by Gasteiger charge is 1.91. The molecular weight excluding hydrogens is 112 g/mol. The standard InChI is InChI=1S/C7H16N2/c1-2-3-4-5-7(9)6-8/h9H,2-6,8H2,1H3. The Bertz CT molecular complexity index is 79.0. The molecule has 0 aromatic carbocycles. The molecule has 0 amide bonds. The van der Waals surface area contributed by atoms with Crippen molar-refractivity contribution in [1.82, 2.24) is 0 Å². The normalized spacial score (nSPS) is 9.56. The summed E-state index contributed by atoms with van der Waals surface area (Å²) in [5, 5.41) is 7.19. The first kappa shape index (κ1) is 8.63. The smallest absolute Gasteiger partial charge is 0.0307 e. The quantitative estimate of drug-likeness (QED) is 0.428. The molecule has 3 N–H and O–H groups in total. The summed E-state index contributed by atoms with van der Waals surface area (Å²) in [5.41, 5.74) is 5.91. The van der Waals surface area contributed by atoms with Crippen LogP contribution in [0.5, 0.6) is 0 Å². The van der Waals surface area contributed by atoms with Gasteiger partial charge in [-0.2, -0.15) is 0 Å². The van der Waals surface area contributed by atoms with Crippen molar-refractivity contribution in [3.8, 4) is 0 Å². The Labute approximate surface area is 57.0 Å². The van der Waals surface area contributed by atoms with E-state index in [0.717, 1.165) is 12.8 Å². The minimum absolute atomic E-state index is 0.434. The average Bonchev–Trinajstić information content (AvgIpc) is 1.89. The SMILES string of the molecule is CCCCCC(=N)CN. The van der Waals surface area contributed by atoms with Crippen molar-refractivity contribution in [2.24, 2.45) is 5.73 Å². The third kappa shape index (κ3) is 5.50. The fraction of sp³-hybridized carbons (Fsp3) is 0.857. The Kier molecular flexibility index (Phi) is 5.52. The Morgan fingerprint density at radius 3 is 2.56 bits per heavy atom. The molecule has 0 aliphatic rings. The van der Waals surface area contributed by atoms with Crippen molar-refractivity contribution in [3.63, 3.8) is 0 Å². The van der Waals surface area contributed by atoms with Crippen LogP contribution in [0.1, 0.15) is 32.6 Å². The Morgan fingerprint density at radius 2 is 2.11 bits per heavy atom. The van der Waals surface area contributed by atoms with Crippen molar-refractivity contribution in [3.05, 3.63) is 0 Å². The zero-order valence-electron chi connectivity index (χ0n) is 6.11. The van der Waals surface area contributed by atoms with E-state index in [1.165, 1.54) is 12.8 Å². The number of nitrogens with one attached hydrogen (secondary N) is 1. The molecule has 0 fully saturated rings. The molecule has 54 valence electrons. The lowest BCUT2D eigenvalue weighted by Crippen LogP contribution is -2.11. The molecule has 0 aliphatic heterocycles. The molecule has 0 aromatic rings. The van der Waals surface area contributed by atoms with E-state index in [1.54, 1.807) is 0 Å². The Morgan fingerprint density at radius 1 is 1.44 bits per heavy atom. The molecule has 0 rings (SSSR count). The van der Waals surface area contributed by atoms with Crippen LogP contribution >= 0.6 is 0 Å². The highest BCUT2D eigenvalue weighted by molar-refractivity contribution is 5.82. The number of hydrogen-bond acceptors (Lipinski definition) is 2. The van der Waals surface area contributed by atoms with Gasteiger partial charge in [0, 0.05) is 12.3 Å². The molecular formula is C7H16N2. The second kappa shape index (κ2) is 5.76. The maximum Gasteiger partial charge on any atom is 0.0307 e. The van der Waals surface area contributed by atoms with Gasteiger partial charge in [0.1, 0.15) is 0 Å². The minimum Gasteiger partial charge on any atom is -0.326 e. The van der Waals surface area contributed by atoms with Gasteiger partial charge in [0.15, 0.2) is 0 Å². The summed E-state index contributed by atoms with van der Waals surface area (Å²) in [7, 11) is 0. The highest BCUT2D eigenvalue weighted by Crippen LogP contribution is 1.98. The Balaban J connectivity index is 2.97. The summed E-state index contributed by atoms with van der Waals surface area (Å²) in [5.74, 6) is 0. The molecule has 9 heavy (non-hydrogen) atoms. The van der Waals surface area contributed by atoms with Crippen LogP contribution in [-0.2, 0) is 0 Å². The lowest BCUT2D eigenvalue weighted by molar-refractivity contribution is 0.737. The molecule has 2 heteroatoms. The van der Waals surface area contributed by atoms with Gasteiger partial charge < -0.3 is 11.1 Å². The summed E-state index contributed by atoms with van der Waals surface area (Å²) in [6, 6.07) is 0. The van der Waals surface area contributed by atoms with E-state index in [9.17, 15) is 0 Å². The summed E-state index contributed by atoms with van der Waals surface area (Å²) in [4.78, 5) is 0. The van der Waals surface area contributed by atoms with Crippen molar-refractivity contribution >= 4 is 5.71 Å². The predicted octanol–water partition coefficient (Wildman–Crippen LogP) is 1.55. The van der Waals surface area contributed by atoms with E-state index in [4.69, 9.17) is 11.1 Å². The van der Waals surface area contributed by atoms with Gasteiger partial charge in [-0.1, -0.05) is 19.8 Å². The Hall–Kier alpha value is -0.370. The molecule has 0 aromatic heterocycles. The monoisotopic (exact) mass is 128 g/mol. The summed E-state index contributed by atoms with van der Waals surface area (Å²) in [6.07, 6.45) is 4.47. The van der Waals surface area contributed by atoms with E-state index in [0.29, 0.717) is 12.3 Å². The number of hydrogen-bond donors (Lipinski definition) is 2. The van der Waals surface area contributed by atoms with Gasteiger partial charge in [-0.05, 0) is 12.8 Å². The highest BCUT2D eigenvalue weighted by atomic mass is 14.6. The zero-order chi connectivity index (χ0) is 7.11. The van der Waals surface area contributed by atoms with Crippen molar-refractivity contribution in [2.75, 3.05) is 6.54 Å². The van der Waals surface area contributed by atoms with Crippen LogP contribution in [0.25, 0.3) is 0 Å². The third-order valence-corrected chi connectivity index (χ3v) is 1.33. The fourth-order valence-corrected chi connectivity index (χ4v) is 0.690. The van der Waals surface area contributed by atoms with Crippen LogP contribution in [-0.4, -0.2) is 12.3 Å². The summed E-state index contributed by atoms with van der Waals surface area (Å²) in [6.45, 7) is 2.59. The fourth-order valence-electron chi connectivity index (χ4n) is 0.690. The lowest BCUT2D eigenvalue weighted by Gasteiger charge is -1.97. The maximum absolute atomic E-state index is 7.19. The molecule has 0 radical (unpaired) electrons. The van der Waals surface area contributed by atoms with Gasteiger partial charge in [-0.25, -0.2) is 0 Å². The largest absolute Gasteiger partial charge is 0.326 e. The predicted molar refractivity (Wildman–Crippen MR) is 40.9 cm³/mol. The molecule has 0 atom stereocenters. The van der Waals surface area contributed by atoms with Crippen LogP contribution in [0.15, 0.2) is 0 Å². The van der Waals surface area contributed by atoms with Crippen molar-refractivity contribution < 1.29 is 0 Å². The zero-order valence-corrected chi connectivity index (χ0v) is 6.11. The molecule has 0 aliphatic carbocycles. The topological polar surface area (TPSA) is 49.9 Å². The first-order chi connectivity index (χ1) is 4.31. The van der Waals surface area contributed by atoms with Crippen molar-refractivity contribution in [1.29, 1.82) is 5.41 Å². The van der Waals surface area contributed by atoms with Crippen LogP contribution in [0.2, 0.25) is 0 Å². The van der Waals surface area contributed by atoms with E-state index in [2.05, 4.69) is 6.92 Å². The average molecular weight is 128 g/mol. The number of nitrogens with two attached hydrogens (primary N) is 1. The second-order valence-corrected chi connectivity index (χ2v) is 2.26. The van der Waals surface area contributed by atoms with Gasteiger partial charge >= 0.3 is 0 Å². The van der Waals surface area contributed by atoms with E-state index in [-0.39, 0.29) is 0 Å². The maximum atomic E-state index is 7.19. The van der Waals surface area contributed by atoms with E-state index < -0.39 is 0 Å². The molecule has 0 saturated carbocycles. The summed E-state index contributed by atoms with van der Waals surface area (Å²) >= 11 is 0. The number of rotatable bonds is 5. The molecule has 0 heterocycles. The van der Waals surface area contributed by atoms with Crippen LogP contribution in [0.3, 0.4) is 0 Å². The first-order valence-electron chi connectivity index (χ1n) is 3.57. The van der Waals surface area contributed by atoms with Gasteiger partial charge in [-0.15, -0.1) is 0 Å². The third-order valence-electron chi connectivity index (χ3n) is 1.33. The van der Waals surface area contributed by atoms with Gasteiger partial charge in [0.2, 0.25) is 0 Å². The molecule has 0 bridgehead atoms. The first-order valence-corrected chi connectivity index (χ1v) is 3.57. The molecule has 0 saturated heterocycles. The van der Waals surface area contributed by atoms with E-state index >= 15 is 0 Å². The molecule has 2 nitrogen and oxygen atoms in total. The second-order valence-electron chi connectivity index (χ2n) is 2.26. The van der Waals surface area contributed by atoms with Crippen LogP contribution in [0, 0.1) is 5.41 Å². The van der Waals surface area contributed by atoms with Crippen LogP contribution < -0.4 is 5.73 Å². The lowest BCUT2D eigenvalue weighted by atomic mass is 10.1. The summed E-state index contributed by atoms with van der Waals surface area (Å²) < 4.78 is 0. The van der Waals surface area contributed by atoms with Crippen LogP contribution in [0.4, 0.5) is 0 Å². The van der Waals surface area contributed by atoms with Gasteiger partial charge in [0.05, 0.1) is 0 Å².